The molecule has 0 aromatic carbocycles. The summed E-state index contributed by atoms with van der Waals surface area (Å²) in [4.78, 5) is 0. The topological polar surface area (TPSA) is 32.6 Å². The summed E-state index contributed by atoms with van der Waals surface area (Å²) in [6, 6.07) is 0. The molecular formula is C3H9NO. The molecule has 0 atom stereocenters. The molecule has 2 nitrogen and oxygen atoms in total. The van der Waals surface area contributed by atoms with Crippen molar-refractivity contribution in [1.29, 1.82) is 0 Å². The lowest BCUT2D eigenvalue weighted by Crippen LogP contribution is -1.49. The molecule has 0 aromatic rings. The Balaban J connectivity index is 0. The maximum atomic E-state index is 7.44. The fourth-order valence-corrected chi connectivity index (χ4v) is 0. The maximum Gasteiger partial charge on any atom is 0.0404 e. The minimum absolute atomic E-state index is 0. The van der Waals surface area contributed by atoms with Crippen molar-refractivity contribution in [2.75, 3.05) is 0 Å². The SMILES string of the molecule is C.C/C=N/O. The Bertz CT molecular complexity index is 22.1. The average Bonchev–Trinajstić information content (AvgIpc) is 1.37. The van der Waals surface area contributed by atoms with E-state index in [1.807, 2.05) is 0 Å². The van der Waals surface area contributed by atoms with Gasteiger partial charge in [-0.1, -0.05) is 7.43 Å². The van der Waals surface area contributed by atoms with Gasteiger partial charge in [-0.2, -0.15) is 0 Å². The third kappa shape index (κ3) is 33.9. The Kier molecular flexibility index (Phi) is 17.3. The monoisotopic (exact) mass is 75.1 g/mol. The highest BCUT2D eigenvalue weighted by Gasteiger charge is 1.34. The summed E-state index contributed by atoms with van der Waals surface area (Å²) in [5, 5.41) is 10.1. The highest BCUT2D eigenvalue weighted by Crippen LogP contribution is 1.38. The lowest BCUT2D eigenvalue weighted by molar-refractivity contribution is 0.321. The van der Waals surface area contributed by atoms with E-state index in [1.165, 1.54) is 6.21 Å². The van der Waals surface area contributed by atoms with E-state index in [-0.39, 0.29) is 7.43 Å². The van der Waals surface area contributed by atoms with Gasteiger partial charge in [0.05, 0.1) is 0 Å². The zero-order valence-electron chi connectivity index (χ0n) is 2.47. The summed E-state index contributed by atoms with van der Waals surface area (Å²) in [7, 11) is 0. The van der Waals surface area contributed by atoms with Gasteiger partial charge in [0.15, 0.2) is 0 Å². The third-order valence-electron chi connectivity index (χ3n) is 0.115. The minimum atomic E-state index is 0. The summed E-state index contributed by atoms with van der Waals surface area (Å²) in [6.45, 7) is 1.64. The largest absolute Gasteiger partial charge is 0.411 e. The van der Waals surface area contributed by atoms with Crippen LogP contribution in [0.4, 0.5) is 0 Å². The van der Waals surface area contributed by atoms with E-state index in [9.17, 15) is 0 Å². The Morgan fingerprint density at radius 1 is 1.80 bits per heavy atom. The number of oxime groups is 1. The van der Waals surface area contributed by atoms with Crippen molar-refractivity contribution in [2.45, 2.75) is 14.4 Å². The van der Waals surface area contributed by atoms with Crippen LogP contribution in [0.2, 0.25) is 0 Å². The van der Waals surface area contributed by atoms with E-state index < -0.39 is 0 Å². The van der Waals surface area contributed by atoms with Crippen LogP contribution in [-0.4, -0.2) is 11.4 Å². The van der Waals surface area contributed by atoms with Gasteiger partial charge in [-0.3, -0.25) is 0 Å². The van der Waals surface area contributed by atoms with Crippen LogP contribution in [-0.2, 0) is 0 Å². The number of hydrogen-bond donors (Lipinski definition) is 1. The van der Waals surface area contributed by atoms with E-state index in [4.69, 9.17) is 5.21 Å². The number of hydrogen-bond acceptors (Lipinski definition) is 2. The molecule has 0 bridgehead atoms. The van der Waals surface area contributed by atoms with Crippen molar-refractivity contribution in [1.82, 2.24) is 0 Å². The van der Waals surface area contributed by atoms with E-state index >= 15 is 0 Å². The molecule has 0 unspecified atom stereocenters. The molecule has 0 aromatic heterocycles. The van der Waals surface area contributed by atoms with Crippen molar-refractivity contribution in [2.24, 2.45) is 5.16 Å². The predicted molar refractivity (Wildman–Crippen MR) is 22.7 cm³/mol. The van der Waals surface area contributed by atoms with Gasteiger partial charge in [0.2, 0.25) is 0 Å². The van der Waals surface area contributed by atoms with Crippen LogP contribution >= 0.6 is 0 Å². The van der Waals surface area contributed by atoms with Crippen LogP contribution in [0.3, 0.4) is 0 Å². The van der Waals surface area contributed by atoms with Crippen molar-refractivity contribution in [3.63, 3.8) is 0 Å². The number of nitrogens with zero attached hydrogens (tertiary/aromatic N) is 1. The standard InChI is InChI=1S/C2H5NO.CH4/c1-2-3-4;/h2,4H,1H3;1H4/b3-2+;. The lowest BCUT2D eigenvalue weighted by atomic mass is 10.9. The molecule has 0 radical (unpaired) electrons. The van der Waals surface area contributed by atoms with Crippen molar-refractivity contribution in [3.8, 4) is 0 Å². The molecule has 0 spiro atoms. The molecule has 0 saturated heterocycles. The summed E-state index contributed by atoms with van der Waals surface area (Å²) in [5.41, 5.74) is 0. The van der Waals surface area contributed by atoms with Gasteiger partial charge < -0.3 is 5.21 Å². The van der Waals surface area contributed by atoms with Crippen LogP contribution < -0.4 is 0 Å². The second-order valence-electron chi connectivity index (χ2n) is 0.374. The van der Waals surface area contributed by atoms with Gasteiger partial charge in [0, 0.05) is 6.21 Å². The second kappa shape index (κ2) is 9.80. The average molecular weight is 75.1 g/mol. The zero-order valence-corrected chi connectivity index (χ0v) is 2.47. The molecule has 0 heterocycles. The van der Waals surface area contributed by atoms with Crippen molar-refractivity contribution in [3.05, 3.63) is 0 Å². The maximum absolute atomic E-state index is 7.44. The molecule has 0 rings (SSSR count). The molecule has 0 saturated carbocycles. The number of rotatable bonds is 0. The predicted octanol–water partition coefficient (Wildman–Crippen LogP) is 1.10. The third-order valence-corrected chi connectivity index (χ3v) is 0.115. The molecule has 0 fully saturated rings. The van der Waals surface area contributed by atoms with E-state index in [0.717, 1.165) is 0 Å². The first-order valence-corrected chi connectivity index (χ1v) is 1.04. The zero-order chi connectivity index (χ0) is 3.41. The first-order chi connectivity index (χ1) is 1.91. The van der Waals surface area contributed by atoms with Crippen LogP contribution in [0.15, 0.2) is 5.16 Å². The van der Waals surface area contributed by atoms with Crippen molar-refractivity contribution >= 4 is 6.21 Å². The Morgan fingerprint density at radius 2 is 2.00 bits per heavy atom. The Hall–Kier alpha value is -0.530. The summed E-state index contributed by atoms with van der Waals surface area (Å²) in [5.74, 6) is 0. The molecule has 0 aliphatic rings. The van der Waals surface area contributed by atoms with Gasteiger partial charge in [-0.15, -0.1) is 5.16 Å². The first-order valence-electron chi connectivity index (χ1n) is 1.04. The molecule has 0 aliphatic heterocycles. The Labute approximate surface area is 32.1 Å². The fourth-order valence-electron chi connectivity index (χ4n) is 0. The molecular weight excluding hydrogens is 66.0 g/mol. The molecule has 5 heavy (non-hydrogen) atoms. The van der Waals surface area contributed by atoms with Gasteiger partial charge in [-0.25, -0.2) is 0 Å². The fraction of sp³-hybridized carbons (Fsp3) is 0.667. The molecule has 0 amide bonds. The van der Waals surface area contributed by atoms with Crippen LogP contribution in [0.5, 0.6) is 0 Å². The van der Waals surface area contributed by atoms with Crippen molar-refractivity contribution < 1.29 is 5.21 Å². The van der Waals surface area contributed by atoms with Gasteiger partial charge in [-0.05, 0) is 6.92 Å². The lowest BCUT2D eigenvalue weighted by Gasteiger charge is -1.54. The molecule has 32 valence electrons. The quantitative estimate of drug-likeness (QED) is 0.261. The van der Waals surface area contributed by atoms with Gasteiger partial charge in [0.1, 0.15) is 0 Å². The van der Waals surface area contributed by atoms with E-state index in [0.29, 0.717) is 0 Å². The summed E-state index contributed by atoms with van der Waals surface area (Å²) in [6.07, 6.45) is 1.31. The van der Waals surface area contributed by atoms with Gasteiger partial charge in [0.25, 0.3) is 0 Å². The Morgan fingerprint density at radius 3 is 2.00 bits per heavy atom. The highest BCUT2D eigenvalue weighted by molar-refractivity contribution is 5.51. The van der Waals surface area contributed by atoms with Crippen LogP contribution in [0.25, 0.3) is 0 Å². The normalized spacial score (nSPS) is 7.40. The van der Waals surface area contributed by atoms with Gasteiger partial charge >= 0.3 is 0 Å². The van der Waals surface area contributed by atoms with E-state index in [2.05, 4.69) is 5.16 Å². The van der Waals surface area contributed by atoms with Crippen LogP contribution in [0, 0.1) is 0 Å². The molecule has 0 aliphatic carbocycles. The van der Waals surface area contributed by atoms with E-state index in [1.54, 1.807) is 6.92 Å². The highest BCUT2D eigenvalue weighted by atomic mass is 16.4. The smallest absolute Gasteiger partial charge is 0.0404 e. The molecule has 1 N–H and O–H groups in total. The molecule has 2 heteroatoms. The minimum Gasteiger partial charge on any atom is -0.411 e. The summed E-state index contributed by atoms with van der Waals surface area (Å²) < 4.78 is 0. The first kappa shape index (κ1) is 8.82. The second-order valence-corrected chi connectivity index (χ2v) is 0.374. The van der Waals surface area contributed by atoms with Crippen LogP contribution in [0.1, 0.15) is 14.4 Å². The summed E-state index contributed by atoms with van der Waals surface area (Å²) >= 11 is 0.